The molecule has 0 aliphatic heterocycles. The Hall–Kier alpha value is -1.45. The zero-order valence-electron chi connectivity index (χ0n) is 12.6. The van der Waals surface area contributed by atoms with Crippen molar-refractivity contribution in [3.05, 3.63) is 65.2 Å². The Bertz CT molecular complexity index is 603. The van der Waals surface area contributed by atoms with Gasteiger partial charge in [-0.05, 0) is 43.5 Å². The molecule has 1 N–H and O–H groups in total. The van der Waals surface area contributed by atoms with Crippen molar-refractivity contribution in [3.8, 4) is 0 Å². The van der Waals surface area contributed by atoms with E-state index in [1.807, 2.05) is 61.5 Å². The Morgan fingerprint density at radius 1 is 1.14 bits per heavy atom. The van der Waals surface area contributed by atoms with Crippen molar-refractivity contribution < 1.29 is 4.79 Å². The van der Waals surface area contributed by atoms with Crippen LogP contribution in [-0.4, -0.2) is 17.7 Å². The number of rotatable bonds is 7. The predicted molar refractivity (Wildman–Crippen MR) is 94.5 cm³/mol. The summed E-state index contributed by atoms with van der Waals surface area (Å²) in [5.41, 5.74) is 1.13. The quantitative estimate of drug-likeness (QED) is 0.594. The Morgan fingerprint density at radius 3 is 2.55 bits per heavy atom. The van der Waals surface area contributed by atoms with Gasteiger partial charge in [0.1, 0.15) is 0 Å². The SMILES string of the molecule is C[C@H](Sc1ccccc1)C(=O)NCCCc1ccccc1Cl. The van der Waals surface area contributed by atoms with Crippen molar-refractivity contribution in [1.29, 1.82) is 0 Å². The fourth-order valence-corrected chi connectivity index (χ4v) is 3.24. The van der Waals surface area contributed by atoms with Crippen molar-refractivity contribution in [1.82, 2.24) is 5.32 Å². The molecule has 2 rings (SSSR count). The number of halogens is 1. The molecule has 0 unspecified atom stereocenters. The third kappa shape index (κ3) is 5.39. The molecule has 0 spiro atoms. The first-order chi connectivity index (χ1) is 10.7. The maximum absolute atomic E-state index is 12.1. The van der Waals surface area contributed by atoms with Gasteiger partial charge in [0, 0.05) is 16.5 Å². The molecule has 0 aromatic heterocycles. The van der Waals surface area contributed by atoms with Crippen LogP contribution in [0.5, 0.6) is 0 Å². The lowest BCUT2D eigenvalue weighted by atomic mass is 10.1. The largest absolute Gasteiger partial charge is 0.355 e. The van der Waals surface area contributed by atoms with Gasteiger partial charge >= 0.3 is 0 Å². The average molecular weight is 334 g/mol. The van der Waals surface area contributed by atoms with Gasteiger partial charge in [-0.3, -0.25) is 4.79 Å². The van der Waals surface area contributed by atoms with Crippen LogP contribution in [0.2, 0.25) is 5.02 Å². The summed E-state index contributed by atoms with van der Waals surface area (Å²) < 4.78 is 0. The molecule has 2 nitrogen and oxygen atoms in total. The third-order valence-corrected chi connectivity index (χ3v) is 4.79. The molecule has 2 aromatic rings. The van der Waals surface area contributed by atoms with Crippen LogP contribution < -0.4 is 5.32 Å². The highest BCUT2D eigenvalue weighted by atomic mass is 35.5. The highest BCUT2D eigenvalue weighted by Gasteiger charge is 2.13. The maximum Gasteiger partial charge on any atom is 0.233 e. The van der Waals surface area contributed by atoms with Gasteiger partial charge in [-0.2, -0.15) is 0 Å². The van der Waals surface area contributed by atoms with Gasteiger partial charge < -0.3 is 5.32 Å². The lowest BCUT2D eigenvalue weighted by Gasteiger charge is -2.12. The zero-order valence-corrected chi connectivity index (χ0v) is 14.2. The Balaban J connectivity index is 1.70. The molecule has 1 atom stereocenters. The van der Waals surface area contributed by atoms with Gasteiger partial charge in [-0.25, -0.2) is 0 Å². The molecule has 116 valence electrons. The lowest BCUT2D eigenvalue weighted by Crippen LogP contribution is -2.31. The average Bonchev–Trinajstić information content (AvgIpc) is 2.53. The number of aryl methyl sites for hydroxylation is 1. The third-order valence-electron chi connectivity index (χ3n) is 3.31. The number of benzene rings is 2. The topological polar surface area (TPSA) is 29.1 Å². The number of hydrogen-bond acceptors (Lipinski definition) is 2. The molecule has 0 bridgehead atoms. The van der Waals surface area contributed by atoms with E-state index in [0.29, 0.717) is 6.54 Å². The molecule has 0 saturated carbocycles. The minimum absolute atomic E-state index is 0.0769. The molecule has 0 aliphatic rings. The van der Waals surface area contributed by atoms with Crippen LogP contribution >= 0.6 is 23.4 Å². The van der Waals surface area contributed by atoms with Gasteiger partial charge in [-0.1, -0.05) is 48.0 Å². The summed E-state index contributed by atoms with van der Waals surface area (Å²) in [5, 5.41) is 3.69. The lowest BCUT2D eigenvalue weighted by molar-refractivity contribution is -0.120. The van der Waals surface area contributed by atoms with Crippen LogP contribution in [0.15, 0.2) is 59.5 Å². The van der Waals surface area contributed by atoms with E-state index < -0.39 is 0 Å². The molecule has 4 heteroatoms. The second-order valence-corrected chi connectivity index (χ2v) is 6.88. The summed E-state index contributed by atoms with van der Waals surface area (Å²) in [6, 6.07) is 17.8. The maximum atomic E-state index is 12.1. The molecule has 22 heavy (non-hydrogen) atoms. The normalized spacial score (nSPS) is 11.9. The first-order valence-corrected chi connectivity index (χ1v) is 8.65. The van der Waals surface area contributed by atoms with Gasteiger partial charge in [0.15, 0.2) is 0 Å². The molecule has 2 aromatic carbocycles. The van der Waals surface area contributed by atoms with Crippen molar-refractivity contribution in [2.45, 2.75) is 29.9 Å². The molecule has 0 heterocycles. The fraction of sp³-hybridized carbons (Fsp3) is 0.278. The van der Waals surface area contributed by atoms with Crippen molar-refractivity contribution in [3.63, 3.8) is 0 Å². The molecular formula is C18H20ClNOS. The van der Waals surface area contributed by atoms with Crippen LogP contribution in [0.3, 0.4) is 0 Å². The van der Waals surface area contributed by atoms with Crippen LogP contribution in [0.4, 0.5) is 0 Å². The minimum Gasteiger partial charge on any atom is -0.355 e. The number of nitrogens with one attached hydrogen (secondary N) is 1. The van der Waals surface area contributed by atoms with Crippen molar-refractivity contribution in [2.75, 3.05) is 6.54 Å². The van der Waals surface area contributed by atoms with Crippen molar-refractivity contribution in [2.24, 2.45) is 0 Å². The number of hydrogen-bond donors (Lipinski definition) is 1. The van der Waals surface area contributed by atoms with Crippen molar-refractivity contribution >= 4 is 29.3 Å². The van der Waals surface area contributed by atoms with E-state index in [2.05, 4.69) is 5.32 Å². The molecule has 0 fully saturated rings. The predicted octanol–water partition coefficient (Wildman–Crippen LogP) is 4.57. The molecule has 0 saturated heterocycles. The van der Waals surface area contributed by atoms with E-state index in [1.165, 1.54) is 0 Å². The van der Waals surface area contributed by atoms with E-state index >= 15 is 0 Å². The molecule has 1 amide bonds. The van der Waals surface area contributed by atoms with E-state index in [1.54, 1.807) is 11.8 Å². The smallest absolute Gasteiger partial charge is 0.233 e. The van der Waals surface area contributed by atoms with Gasteiger partial charge in [0.25, 0.3) is 0 Å². The van der Waals surface area contributed by atoms with Gasteiger partial charge in [-0.15, -0.1) is 11.8 Å². The van der Waals surface area contributed by atoms with Crippen LogP contribution in [0.1, 0.15) is 18.9 Å². The Kier molecular flexibility index (Phi) is 6.81. The molecule has 0 aliphatic carbocycles. The first-order valence-electron chi connectivity index (χ1n) is 7.39. The van der Waals surface area contributed by atoms with Gasteiger partial charge in [0.05, 0.1) is 5.25 Å². The monoisotopic (exact) mass is 333 g/mol. The summed E-state index contributed by atoms with van der Waals surface area (Å²) in [7, 11) is 0. The first kappa shape index (κ1) is 16.9. The van der Waals surface area contributed by atoms with Crippen LogP contribution in [0, 0.1) is 0 Å². The standard InChI is InChI=1S/C18H20ClNOS/c1-14(22-16-10-3-2-4-11-16)18(21)20-13-7-9-15-8-5-6-12-17(15)19/h2-6,8,10-12,14H,7,9,13H2,1H3,(H,20,21)/t14-/m0/s1. The number of amides is 1. The number of carbonyl (C=O) groups excluding carboxylic acids is 1. The van der Waals surface area contributed by atoms with Crippen LogP contribution in [-0.2, 0) is 11.2 Å². The summed E-state index contributed by atoms with van der Waals surface area (Å²) in [5.74, 6) is 0.0769. The van der Waals surface area contributed by atoms with Crippen LogP contribution in [0.25, 0.3) is 0 Å². The van der Waals surface area contributed by atoms with E-state index in [-0.39, 0.29) is 11.2 Å². The minimum atomic E-state index is -0.0947. The second-order valence-electron chi connectivity index (χ2n) is 5.06. The Morgan fingerprint density at radius 2 is 1.82 bits per heavy atom. The van der Waals surface area contributed by atoms with E-state index in [0.717, 1.165) is 28.3 Å². The second kappa shape index (κ2) is 8.86. The summed E-state index contributed by atoms with van der Waals surface area (Å²) in [6.07, 6.45) is 1.76. The fourth-order valence-electron chi connectivity index (χ4n) is 2.09. The number of thioether (sulfide) groups is 1. The number of carbonyl (C=O) groups is 1. The zero-order chi connectivity index (χ0) is 15.8. The highest BCUT2D eigenvalue weighted by molar-refractivity contribution is 8.00. The highest BCUT2D eigenvalue weighted by Crippen LogP contribution is 2.22. The summed E-state index contributed by atoms with van der Waals surface area (Å²) in [4.78, 5) is 13.2. The summed E-state index contributed by atoms with van der Waals surface area (Å²) >= 11 is 7.69. The van der Waals surface area contributed by atoms with Gasteiger partial charge in [0.2, 0.25) is 5.91 Å². The molecular weight excluding hydrogens is 314 g/mol. The summed E-state index contributed by atoms with van der Waals surface area (Å²) in [6.45, 7) is 2.60. The molecule has 0 radical (unpaired) electrons. The Labute approximate surface area is 141 Å². The van der Waals surface area contributed by atoms with E-state index in [4.69, 9.17) is 11.6 Å². The van der Waals surface area contributed by atoms with E-state index in [9.17, 15) is 4.79 Å².